The normalized spacial score (nSPS) is 11.7. The quantitative estimate of drug-likeness (QED) is 0.253. The number of nitrogens with zero attached hydrogens (tertiary/aromatic N) is 4. The molecule has 0 bridgehead atoms. The highest BCUT2D eigenvalue weighted by Crippen LogP contribution is 2.27. The lowest BCUT2D eigenvalue weighted by Crippen LogP contribution is -2.22. The largest absolute Gasteiger partial charge is 0.370 e. The van der Waals surface area contributed by atoms with E-state index in [0.717, 1.165) is 46.2 Å². The molecule has 8 heteroatoms. The number of hydrogen-bond donors (Lipinski definition) is 4. The molecule has 0 atom stereocenters. The first kappa shape index (κ1) is 26.2. The molecule has 0 aliphatic carbocycles. The SMILES string of the molecule is CC(=Cc1cncc(-c2cccc(-c3cncc(C=C(C)CCN=C(N)N)c3)c2)c1)CCN=C(N)N. The summed E-state index contributed by atoms with van der Waals surface area (Å²) >= 11 is 0. The fourth-order valence-electron chi connectivity index (χ4n) is 3.70. The van der Waals surface area contributed by atoms with Gasteiger partial charge in [-0.05, 0) is 67.1 Å². The number of guanidine groups is 2. The Bertz CT molecular complexity index is 1200. The van der Waals surface area contributed by atoms with Crippen molar-refractivity contribution in [1.29, 1.82) is 0 Å². The molecule has 2 aromatic heterocycles. The second-order valence-electron chi connectivity index (χ2n) is 8.69. The lowest BCUT2D eigenvalue weighted by Gasteiger charge is -2.08. The maximum absolute atomic E-state index is 5.41. The number of nitrogens with two attached hydrogens (primary N) is 4. The van der Waals surface area contributed by atoms with E-state index in [-0.39, 0.29) is 11.9 Å². The lowest BCUT2D eigenvalue weighted by molar-refractivity contribution is 0.951. The fourth-order valence-corrected chi connectivity index (χ4v) is 3.70. The van der Waals surface area contributed by atoms with E-state index in [1.54, 1.807) is 0 Å². The van der Waals surface area contributed by atoms with Gasteiger partial charge >= 0.3 is 0 Å². The van der Waals surface area contributed by atoms with Gasteiger partial charge in [0.2, 0.25) is 0 Å². The van der Waals surface area contributed by atoms with Crippen molar-refractivity contribution in [2.45, 2.75) is 26.7 Å². The Morgan fingerprint density at radius 1 is 0.667 bits per heavy atom. The lowest BCUT2D eigenvalue weighted by atomic mass is 9.99. The van der Waals surface area contributed by atoms with E-state index >= 15 is 0 Å². The Morgan fingerprint density at radius 2 is 1.11 bits per heavy atom. The molecule has 0 aliphatic rings. The molecule has 0 aliphatic heterocycles. The molecular weight excluding hydrogens is 448 g/mol. The highest BCUT2D eigenvalue weighted by atomic mass is 15.0. The Morgan fingerprint density at radius 3 is 1.53 bits per heavy atom. The molecule has 0 unspecified atom stereocenters. The van der Waals surface area contributed by atoms with Crippen LogP contribution in [0.3, 0.4) is 0 Å². The number of aliphatic imine (C=N–C) groups is 2. The zero-order valence-electron chi connectivity index (χ0n) is 20.9. The average molecular weight is 483 g/mol. The van der Waals surface area contributed by atoms with Crippen LogP contribution in [0.2, 0.25) is 0 Å². The minimum Gasteiger partial charge on any atom is -0.370 e. The second-order valence-corrected chi connectivity index (χ2v) is 8.69. The Hall–Kier alpha value is -4.46. The third-order valence-corrected chi connectivity index (χ3v) is 5.48. The number of benzene rings is 1. The summed E-state index contributed by atoms with van der Waals surface area (Å²) in [5.41, 5.74) is 30.3. The number of rotatable bonds is 10. The average Bonchev–Trinajstić information content (AvgIpc) is 2.84. The monoisotopic (exact) mass is 482 g/mol. The van der Waals surface area contributed by atoms with Gasteiger partial charge < -0.3 is 22.9 Å². The molecule has 8 nitrogen and oxygen atoms in total. The van der Waals surface area contributed by atoms with Gasteiger partial charge in [-0.1, -0.05) is 41.5 Å². The van der Waals surface area contributed by atoms with E-state index in [2.05, 4.69) is 82.4 Å². The maximum Gasteiger partial charge on any atom is 0.185 e. The number of hydrogen-bond acceptors (Lipinski definition) is 4. The zero-order chi connectivity index (χ0) is 25.9. The molecule has 36 heavy (non-hydrogen) atoms. The van der Waals surface area contributed by atoms with Gasteiger partial charge in [0.1, 0.15) is 0 Å². The van der Waals surface area contributed by atoms with Crippen molar-refractivity contribution < 1.29 is 0 Å². The van der Waals surface area contributed by atoms with Gasteiger partial charge in [-0.2, -0.15) is 0 Å². The van der Waals surface area contributed by atoms with Gasteiger partial charge in [0.15, 0.2) is 11.9 Å². The van der Waals surface area contributed by atoms with Crippen LogP contribution in [0.1, 0.15) is 37.8 Å². The topological polar surface area (TPSA) is 155 Å². The van der Waals surface area contributed by atoms with E-state index in [0.29, 0.717) is 13.1 Å². The molecule has 0 saturated heterocycles. The predicted octanol–water partition coefficient (Wildman–Crippen LogP) is 3.94. The van der Waals surface area contributed by atoms with E-state index in [1.165, 1.54) is 11.1 Å². The van der Waals surface area contributed by atoms with Crippen LogP contribution in [0.25, 0.3) is 34.4 Å². The van der Waals surface area contributed by atoms with E-state index in [9.17, 15) is 0 Å². The summed E-state index contributed by atoms with van der Waals surface area (Å²) in [7, 11) is 0. The molecule has 0 amide bonds. The summed E-state index contributed by atoms with van der Waals surface area (Å²) in [6, 6.07) is 12.7. The highest BCUT2D eigenvalue weighted by Gasteiger charge is 2.05. The van der Waals surface area contributed by atoms with E-state index in [1.807, 2.05) is 24.8 Å². The smallest absolute Gasteiger partial charge is 0.185 e. The number of pyridine rings is 2. The van der Waals surface area contributed by atoms with Gasteiger partial charge in [0.25, 0.3) is 0 Å². The van der Waals surface area contributed by atoms with Gasteiger partial charge in [-0.25, -0.2) is 0 Å². The first-order valence-corrected chi connectivity index (χ1v) is 11.8. The fraction of sp³-hybridized carbons (Fsp3) is 0.214. The Labute approximate surface area is 212 Å². The van der Waals surface area contributed by atoms with Crippen molar-refractivity contribution in [3.63, 3.8) is 0 Å². The number of aromatic nitrogens is 2. The third-order valence-electron chi connectivity index (χ3n) is 5.48. The van der Waals surface area contributed by atoms with Crippen molar-refractivity contribution >= 4 is 24.1 Å². The molecule has 2 heterocycles. The minimum atomic E-state index is 0.112. The van der Waals surface area contributed by atoms with Crippen LogP contribution in [0, 0.1) is 0 Å². The van der Waals surface area contributed by atoms with Crippen LogP contribution in [0.4, 0.5) is 0 Å². The molecule has 0 saturated carbocycles. The summed E-state index contributed by atoms with van der Waals surface area (Å²) in [5.74, 6) is 0.224. The van der Waals surface area contributed by atoms with Crippen LogP contribution in [0.5, 0.6) is 0 Å². The van der Waals surface area contributed by atoms with Gasteiger partial charge in [0.05, 0.1) is 0 Å². The summed E-state index contributed by atoms with van der Waals surface area (Å²) in [6.45, 7) is 5.26. The van der Waals surface area contributed by atoms with E-state index in [4.69, 9.17) is 22.9 Å². The molecule has 1 aromatic carbocycles. The van der Waals surface area contributed by atoms with Crippen molar-refractivity contribution in [1.82, 2.24) is 9.97 Å². The predicted molar refractivity (Wildman–Crippen MR) is 151 cm³/mol. The molecule has 8 N–H and O–H groups in total. The van der Waals surface area contributed by atoms with Crippen LogP contribution in [0.15, 0.2) is 82.3 Å². The van der Waals surface area contributed by atoms with Gasteiger partial charge in [0, 0.05) is 49.0 Å². The van der Waals surface area contributed by atoms with Crippen LogP contribution < -0.4 is 22.9 Å². The molecule has 0 radical (unpaired) electrons. The van der Waals surface area contributed by atoms with Crippen LogP contribution >= 0.6 is 0 Å². The van der Waals surface area contributed by atoms with Crippen molar-refractivity contribution in [2.75, 3.05) is 13.1 Å². The standard InChI is InChI=1S/C28H34N8/c1-19(6-8-35-27(29)30)10-21-12-25(17-33-15-21)23-4-3-5-24(14-23)26-13-22(16-34-18-26)11-20(2)7-9-36-28(31)32/h3-5,10-18H,6-9H2,1-2H3,(H4,29,30,35)(H4,31,32,36). The molecule has 0 spiro atoms. The first-order chi connectivity index (χ1) is 17.3. The summed E-state index contributed by atoms with van der Waals surface area (Å²) in [4.78, 5) is 17.0. The summed E-state index contributed by atoms with van der Waals surface area (Å²) in [6.07, 6.45) is 13.2. The van der Waals surface area contributed by atoms with Gasteiger partial charge in [-0.15, -0.1) is 0 Å². The van der Waals surface area contributed by atoms with Crippen LogP contribution in [-0.2, 0) is 0 Å². The van der Waals surface area contributed by atoms with Crippen molar-refractivity contribution in [3.05, 3.63) is 83.5 Å². The third kappa shape index (κ3) is 8.39. The van der Waals surface area contributed by atoms with Crippen molar-refractivity contribution in [2.24, 2.45) is 32.9 Å². The Balaban J connectivity index is 1.79. The summed E-state index contributed by atoms with van der Waals surface area (Å²) < 4.78 is 0. The maximum atomic E-state index is 5.41. The molecule has 3 aromatic rings. The molecule has 3 rings (SSSR count). The minimum absolute atomic E-state index is 0.112. The zero-order valence-corrected chi connectivity index (χ0v) is 20.9. The highest BCUT2D eigenvalue weighted by molar-refractivity contribution is 5.76. The molecule has 0 fully saturated rings. The van der Waals surface area contributed by atoms with Crippen molar-refractivity contribution in [3.8, 4) is 22.3 Å². The van der Waals surface area contributed by atoms with E-state index < -0.39 is 0 Å². The van der Waals surface area contributed by atoms with Crippen LogP contribution in [-0.4, -0.2) is 35.0 Å². The first-order valence-electron chi connectivity index (χ1n) is 11.8. The van der Waals surface area contributed by atoms with Gasteiger partial charge in [-0.3, -0.25) is 20.0 Å². The second kappa shape index (κ2) is 12.9. The molecule has 186 valence electrons. The Kier molecular flexibility index (Phi) is 9.33. The summed E-state index contributed by atoms with van der Waals surface area (Å²) in [5, 5.41) is 0. The molecular formula is C28H34N8.